The maximum atomic E-state index is 2.47. The molecule has 0 radical (unpaired) electrons. The van der Waals surface area contributed by atoms with Crippen LogP contribution in [0.1, 0.15) is 98.8 Å². The van der Waals surface area contributed by atoms with Gasteiger partial charge in [0.05, 0.1) is 0 Å². The second-order valence-corrected chi connectivity index (χ2v) is 9.09. The van der Waals surface area contributed by atoms with Crippen LogP contribution in [0, 0.1) is 5.92 Å². The van der Waals surface area contributed by atoms with E-state index in [1.807, 2.05) is 0 Å². The highest BCUT2D eigenvalue weighted by molar-refractivity contribution is 8.77. The van der Waals surface area contributed by atoms with E-state index < -0.39 is 0 Å². The molecule has 0 aliphatic heterocycles. The highest BCUT2D eigenvalue weighted by Gasteiger charge is 2.19. The average molecular weight is 319 g/mol. The summed E-state index contributed by atoms with van der Waals surface area (Å²) in [6.07, 6.45) is 13.9. The number of hydrogen-bond acceptors (Lipinski definition) is 2. The predicted octanol–water partition coefficient (Wildman–Crippen LogP) is 7.72. The molecule has 0 saturated carbocycles. The van der Waals surface area contributed by atoms with Crippen LogP contribution < -0.4 is 0 Å². The molecule has 0 aliphatic rings. The van der Waals surface area contributed by atoms with Gasteiger partial charge in [0.15, 0.2) is 0 Å². The molecular weight excluding hydrogens is 280 g/mol. The minimum absolute atomic E-state index is 0.826. The van der Waals surface area contributed by atoms with Gasteiger partial charge < -0.3 is 0 Å². The van der Waals surface area contributed by atoms with Crippen molar-refractivity contribution < 1.29 is 0 Å². The first-order valence-electron chi connectivity index (χ1n) is 9.01. The molecule has 0 aromatic rings. The minimum atomic E-state index is 0.826. The second-order valence-electron chi connectivity index (χ2n) is 6.14. The lowest BCUT2D eigenvalue weighted by Crippen LogP contribution is -2.14. The van der Waals surface area contributed by atoms with Crippen LogP contribution in [0.2, 0.25) is 0 Å². The van der Waals surface area contributed by atoms with E-state index in [1.54, 1.807) is 0 Å². The lowest BCUT2D eigenvalue weighted by atomic mass is 9.94. The van der Waals surface area contributed by atoms with Gasteiger partial charge in [-0.2, -0.15) is 0 Å². The van der Waals surface area contributed by atoms with Gasteiger partial charge in [-0.3, -0.25) is 0 Å². The zero-order valence-corrected chi connectivity index (χ0v) is 16.3. The Morgan fingerprint density at radius 1 is 0.650 bits per heavy atom. The number of hydrogen-bond donors (Lipinski definition) is 0. The van der Waals surface area contributed by atoms with E-state index in [0.29, 0.717) is 0 Å². The smallest absolute Gasteiger partial charge is 0.0151 e. The second kappa shape index (κ2) is 14.6. The molecule has 0 rings (SSSR count). The first-order valence-corrected chi connectivity index (χ1v) is 11.3. The van der Waals surface area contributed by atoms with Gasteiger partial charge in [-0.15, -0.1) is 0 Å². The summed E-state index contributed by atoms with van der Waals surface area (Å²) in [4.78, 5) is 0. The fraction of sp³-hybridized carbons (Fsp3) is 1.00. The summed E-state index contributed by atoms with van der Waals surface area (Å²) in [5.41, 5.74) is 0. The van der Waals surface area contributed by atoms with Crippen molar-refractivity contribution in [1.29, 1.82) is 0 Å². The van der Waals surface area contributed by atoms with Gasteiger partial charge in [-0.05, 0) is 31.6 Å². The van der Waals surface area contributed by atoms with E-state index in [1.165, 1.54) is 64.2 Å². The molecule has 0 heterocycles. The van der Waals surface area contributed by atoms with Crippen molar-refractivity contribution >= 4 is 21.6 Å². The van der Waals surface area contributed by atoms with Crippen LogP contribution in [0.4, 0.5) is 0 Å². The minimum Gasteiger partial charge on any atom is -0.0904 e. The molecule has 3 unspecified atom stereocenters. The van der Waals surface area contributed by atoms with Gasteiger partial charge >= 0.3 is 0 Å². The molecule has 0 aliphatic carbocycles. The third-order valence-corrected chi connectivity index (χ3v) is 7.69. The standard InChI is InChI=1S/C18H38S2/c1-6-10-14-17(12-8-3)16(5)19-20-18(13-9-4)15-11-7-2/h16-18H,6-15H2,1-5H3. The molecule has 0 spiro atoms. The van der Waals surface area contributed by atoms with Crippen LogP contribution in [0.15, 0.2) is 0 Å². The Balaban J connectivity index is 4.12. The van der Waals surface area contributed by atoms with Crippen molar-refractivity contribution in [1.82, 2.24) is 0 Å². The first-order chi connectivity index (χ1) is 9.69. The van der Waals surface area contributed by atoms with Gasteiger partial charge in [0.25, 0.3) is 0 Å². The average Bonchev–Trinajstić information content (AvgIpc) is 2.46. The number of unbranched alkanes of at least 4 members (excludes halogenated alkanes) is 2. The Kier molecular flexibility index (Phi) is 15.1. The highest BCUT2D eigenvalue weighted by Crippen LogP contribution is 2.40. The number of rotatable bonds is 14. The van der Waals surface area contributed by atoms with E-state index in [-0.39, 0.29) is 0 Å². The van der Waals surface area contributed by atoms with Crippen LogP contribution in [0.25, 0.3) is 0 Å². The highest BCUT2D eigenvalue weighted by atomic mass is 33.1. The molecule has 0 aromatic carbocycles. The monoisotopic (exact) mass is 318 g/mol. The normalized spacial score (nSPS) is 16.1. The van der Waals surface area contributed by atoms with Gasteiger partial charge in [-0.1, -0.05) is 94.7 Å². The van der Waals surface area contributed by atoms with Crippen LogP contribution >= 0.6 is 21.6 Å². The van der Waals surface area contributed by atoms with E-state index in [4.69, 9.17) is 0 Å². The summed E-state index contributed by atoms with van der Waals surface area (Å²) >= 11 is 0. The summed E-state index contributed by atoms with van der Waals surface area (Å²) in [6, 6.07) is 0. The van der Waals surface area contributed by atoms with Gasteiger partial charge in [-0.25, -0.2) is 0 Å². The molecule has 20 heavy (non-hydrogen) atoms. The van der Waals surface area contributed by atoms with Crippen LogP contribution in [-0.4, -0.2) is 10.5 Å². The van der Waals surface area contributed by atoms with Gasteiger partial charge in [0.2, 0.25) is 0 Å². The van der Waals surface area contributed by atoms with Gasteiger partial charge in [0, 0.05) is 10.5 Å². The maximum absolute atomic E-state index is 2.47. The lowest BCUT2D eigenvalue weighted by molar-refractivity contribution is 0.428. The zero-order chi connectivity index (χ0) is 15.2. The molecule has 0 nitrogen and oxygen atoms in total. The summed E-state index contributed by atoms with van der Waals surface area (Å²) in [7, 11) is 4.39. The lowest BCUT2D eigenvalue weighted by Gasteiger charge is -2.24. The Hall–Kier alpha value is 0.700. The summed E-state index contributed by atoms with van der Waals surface area (Å²) in [5.74, 6) is 0.936. The molecule has 3 atom stereocenters. The van der Waals surface area contributed by atoms with Crippen molar-refractivity contribution in [2.75, 3.05) is 0 Å². The van der Waals surface area contributed by atoms with Crippen molar-refractivity contribution in [3.05, 3.63) is 0 Å². The molecule has 2 heteroatoms. The van der Waals surface area contributed by atoms with Gasteiger partial charge in [0.1, 0.15) is 0 Å². The Morgan fingerprint density at radius 3 is 1.80 bits per heavy atom. The van der Waals surface area contributed by atoms with E-state index >= 15 is 0 Å². The molecule has 0 bridgehead atoms. The van der Waals surface area contributed by atoms with Crippen LogP contribution in [-0.2, 0) is 0 Å². The summed E-state index contributed by atoms with van der Waals surface area (Å²) < 4.78 is 0. The topological polar surface area (TPSA) is 0 Å². The van der Waals surface area contributed by atoms with Crippen molar-refractivity contribution in [2.45, 2.75) is 109 Å². The largest absolute Gasteiger partial charge is 0.0904 e. The third-order valence-electron chi connectivity index (χ3n) is 4.09. The van der Waals surface area contributed by atoms with Crippen LogP contribution in [0.5, 0.6) is 0 Å². The van der Waals surface area contributed by atoms with Crippen molar-refractivity contribution in [3.8, 4) is 0 Å². The molecule has 0 aromatic heterocycles. The predicted molar refractivity (Wildman–Crippen MR) is 101 cm³/mol. The fourth-order valence-corrected chi connectivity index (χ4v) is 6.09. The van der Waals surface area contributed by atoms with Crippen molar-refractivity contribution in [3.63, 3.8) is 0 Å². The van der Waals surface area contributed by atoms with Crippen LogP contribution in [0.3, 0.4) is 0 Å². The zero-order valence-electron chi connectivity index (χ0n) is 14.6. The fourth-order valence-electron chi connectivity index (χ4n) is 2.69. The Morgan fingerprint density at radius 2 is 1.25 bits per heavy atom. The quantitative estimate of drug-likeness (QED) is 0.301. The Bertz CT molecular complexity index is 194. The summed E-state index contributed by atoms with van der Waals surface area (Å²) in [5, 5.41) is 1.72. The maximum Gasteiger partial charge on any atom is 0.0151 e. The SMILES string of the molecule is CCCCC(CCC)SSC(C)C(CCC)CCCC. The molecule has 0 amide bonds. The first kappa shape index (κ1) is 20.7. The summed E-state index contributed by atoms with van der Waals surface area (Å²) in [6.45, 7) is 11.8. The molecule has 0 N–H and O–H groups in total. The van der Waals surface area contributed by atoms with Crippen molar-refractivity contribution in [2.24, 2.45) is 5.92 Å². The molecular formula is C18H38S2. The molecule has 0 saturated heterocycles. The third kappa shape index (κ3) is 10.4. The van der Waals surface area contributed by atoms with E-state index in [0.717, 1.165) is 16.4 Å². The van der Waals surface area contributed by atoms with E-state index in [2.05, 4.69) is 56.2 Å². The van der Waals surface area contributed by atoms with E-state index in [9.17, 15) is 0 Å². The Labute approximate surface area is 137 Å². The molecule has 122 valence electrons. The molecule has 0 fully saturated rings.